The molecule has 2 aromatic heterocycles. The van der Waals surface area contributed by atoms with Crippen molar-refractivity contribution >= 4 is 23.3 Å². The van der Waals surface area contributed by atoms with Gasteiger partial charge in [0, 0.05) is 5.69 Å². The number of halogens is 1. The van der Waals surface area contributed by atoms with Crippen molar-refractivity contribution in [3.8, 4) is 0 Å². The van der Waals surface area contributed by atoms with Gasteiger partial charge in [0.05, 0.1) is 23.7 Å². The molecular formula is C12H11ClN4O. The average Bonchev–Trinajstić information content (AvgIpc) is 2.32. The van der Waals surface area contributed by atoms with E-state index < -0.39 is 0 Å². The smallest absolute Gasteiger partial charge is 0.258 e. The molecule has 5 nitrogen and oxygen atoms in total. The van der Waals surface area contributed by atoms with Crippen LogP contribution in [0.15, 0.2) is 24.5 Å². The standard InChI is InChI=1S/C12H11ClN4O/c1-7-3-4-9(8(2)16-7)12(18)17-11-6-14-10(13)5-15-11/h3-6H,1-2H3,(H,15,17,18). The number of carbonyl (C=O) groups excluding carboxylic acids is 1. The van der Waals surface area contributed by atoms with E-state index in [0.717, 1.165) is 5.69 Å². The highest BCUT2D eigenvalue weighted by molar-refractivity contribution is 6.29. The SMILES string of the molecule is Cc1ccc(C(=O)Nc2cnc(Cl)cn2)c(C)n1. The van der Waals surface area contributed by atoms with Crippen LogP contribution in [0.4, 0.5) is 5.82 Å². The molecule has 2 rings (SSSR count). The topological polar surface area (TPSA) is 67.8 Å². The van der Waals surface area contributed by atoms with Crippen molar-refractivity contribution in [3.63, 3.8) is 0 Å². The lowest BCUT2D eigenvalue weighted by molar-refractivity contribution is 0.102. The predicted molar refractivity (Wildman–Crippen MR) is 68.7 cm³/mol. The van der Waals surface area contributed by atoms with Crippen molar-refractivity contribution in [2.75, 3.05) is 5.32 Å². The maximum absolute atomic E-state index is 12.0. The molecule has 0 aliphatic heterocycles. The van der Waals surface area contributed by atoms with Crippen LogP contribution < -0.4 is 5.32 Å². The number of rotatable bonds is 2. The molecule has 2 aromatic rings. The maximum atomic E-state index is 12.0. The molecule has 0 fully saturated rings. The molecule has 0 saturated heterocycles. The summed E-state index contributed by atoms with van der Waals surface area (Å²) in [5, 5.41) is 2.91. The number of hydrogen-bond donors (Lipinski definition) is 1. The van der Waals surface area contributed by atoms with Gasteiger partial charge in [0.15, 0.2) is 5.82 Å². The highest BCUT2D eigenvalue weighted by Crippen LogP contribution is 2.10. The second kappa shape index (κ2) is 5.10. The van der Waals surface area contributed by atoms with Crippen molar-refractivity contribution in [3.05, 3.63) is 46.6 Å². The molecule has 0 aliphatic carbocycles. The number of aryl methyl sites for hydroxylation is 2. The minimum atomic E-state index is -0.267. The highest BCUT2D eigenvalue weighted by atomic mass is 35.5. The lowest BCUT2D eigenvalue weighted by Gasteiger charge is -2.06. The fraction of sp³-hybridized carbons (Fsp3) is 0.167. The molecule has 0 radical (unpaired) electrons. The molecule has 0 aromatic carbocycles. The van der Waals surface area contributed by atoms with E-state index in [-0.39, 0.29) is 11.1 Å². The Labute approximate surface area is 109 Å². The van der Waals surface area contributed by atoms with E-state index >= 15 is 0 Å². The third-order valence-corrected chi connectivity index (χ3v) is 2.53. The van der Waals surface area contributed by atoms with E-state index in [9.17, 15) is 4.79 Å². The zero-order valence-electron chi connectivity index (χ0n) is 9.94. The molecule has 0 bridgehead atoms. The van der Waals surface area contributed by atoms with Gasteiger partial charge in [-0.1, -0.05) is 11.6 Å². The van der Waals surface area contributed by atoms with E-state index in [2.05, 4.69) is 20.3 Å². The maximum Gasteiger partial charge on any atom is 0.258 e. The van der Waals surface area contributed by atoms with Crippen molar-refractivity contribution in [1.29, 1.82) is 0 Å². The zero-order chi connectivity index (χ0) is 13.1. The summed E-state index contributed by atoms with van der Waals surface area (Å²) in [5.74, 6) is 0.0843. The Morgan fingerprint density at radius 1 is 1.22 bits per heavy atom. The lowest BCUT2D eigenvalue weighted by Crippen LogP contribution is -2.15. The number of aromatic nitrogens is 3. The van der Waals surface area contributed by atoms with Crippen molar-refractivity contribution in [2.24, 2.45) is 0 Å². The van der Waals surface area contributed by atoms with Gasteiger partial charge >= 0.3 is 0 Å². The van der Waals surface area contributed by atoms with Gasteiger partial charge in [0.1, 0.15) is 5.15 Å². The van der Waals surface area contributed by atoms with Crippen LogP contribution in [0, 0.1) is 13.8 Å². The van der Waals surface area contributed by atoms with E-state index in [0.29, 0.717) is 17.1 Å². The summed E-state index contributed by atoms with van der Waals surface area (Å²) in [6.45, 7) is 3.66. The molecule has 6 heteroatoms. The van der Waals surface area contributed by atoms with Gasteiger partial charge in [0.25, 0.3) is 5.91 Å². The Morgan fingerprint density at radius 3 is 2.61 bits per heavy atom. The Bertz CT molecular complexity index is 583. The average molecular weight is 263 g/mol. The fourth-order valence-corrected chi connectivity index (χ4v) is 1.58. The van der Waals surface area contributed by atoms with E-state index in [1.165, 1.54) is 12.4 Å². The second-order valence-electron chi connectivity index (χ2n) is 3.76. The molecule has 92 valence electrons. The number of nitrogens with one attached hydrogen (secondary N) is 1. The summed E-state index contributed by atoms with van der Waals surface area (Å²) in [6.07, 6.45) is 2.77. The first-order valence-electron chi connectivity index (χ1n) is 5.29. The third-order valence-electron chi connectivity index (χ3n) is 2.33. The highest BCUT2D eigenvalue weighted by Gasteiger charge is 2.10. The number of hydrogen-bond acceptors (Lipinski definition) is 4. The van der Waals surface area contributed by atoms with Gasteiger partial charge in [0.2, 0.25) is 0 Å². The monoisotopic (exact) mass is 262 g/mol. The van der Waals surface area contributed by atoms with Crippen molar-refractivity contribution in [2.45, 2.75) is 13.8 Å². The summed E-state index contributed by atoms with van der Waals surface area (Å²) in [6, 6.07) is 3.52. The molecule has 0 unspecified atom stereocenters. The van der Waals surface area contributed by atoms with E-state index in [1.807, 2.05) is 6.92 Å². The number of carbonyl (C=O) groups is 1. The summed E-state index contributed by atoms with van der Waals surface area (Å²) >= 11 is 5.61. The van der Waals surface area contributed by atoms with Gasteiger partial charge in [-0.2, -0.15) is 0 Å². The molecule has 0 aliphatic rings. The Balaban J connectivity index is 2.19. The normalized spacial score (nSPS) is 10.2. The second-order valence-corrected chi connectivity index (χ2v) is 4.15. The summed E-state index contributed by atoms with van der Waals surface area (Å²) in [4.78, 5) is 24.0. The molecule has 18 heavy (non-hydrogen) atoms. The number of amides is 1. The van der Waals surface area contributed by atoms with E-state index in [1.54, 1.807) is 19.1 Å². The molecular weight excluding hydrogens is 252 g/mol. The molecule has 0 atom stereocenters. The molecule has 2 heterocycles. The van der Waals surface area contributed by atoms with Crippen LogP contribution in [0.5, 0.6) is 0 Å². The number of pyridine rings is 1. The summed E-state index contributed by atoms with van der Waals surface area (Å²) in [5.41, 5.74) is 2.06. The largest absolute Gasteiger partial charge is 0.305 e. The number of nitrogens with zero attached hydrogens (tertiary/aromatic N) is 3. The first kappa shape index (κ1) is 12.4. The molecule has 1 amide bonds. The van der Waals surface area contributed by atoms with Crippen LogP contribution in [0.25, 0.3) is 0 Å². The predicted octanol–water partition coefficient (Wildman–Crippen LogP) is 2.39. The van der Waals surface area contributed by atoms with Gasteiger partial charge in [-0.05, 0) is 26.0 Å². The molecule has 1 N–H and O–H groups in total. The first-order valence-corrected chi connectivity index (χ1v) is 5.67. The van der Waals surface area contributed by atoms with Gasteiger partial charge in [-0.3, -0.25) is 9.78 Å². The van der Waals surface area contributed by atoms with Crippen LogP contribution in [0.3, 0.4) is 0 Å². The first-order chi connectivity index (χ1) is 8.56. The molecule has 0 saturated carbocycles. The van der Waals surface area contributed by atoms with E-state index in [4.69, 9.17) is 11.6 Å². The number of anilines is 1. The summed E-state index contributed by atoms with van der Waals surface area (Å²) < 4.78 is 0. The van der Waals surface area contributed by atoms with Gasteiger partial charge in [-0.15, -0.1) is 0 Å². The Morgan fingerprint density at radius 2 is 2.00 bits per heavy atom. The van der Waals surface area contributed by atoms with Gasteiger partial charge in [-0.25, -0.2) is 9.97 Å². The van der Waals surface area contributed by atoms with Crippen LogP contribution in [-0.2, 0) is 0 Å². The summed E-state index contributed by atoms with van der Waals surface area (Å²) in [7, 11) is 0. The minimum Gasteiger partial charge on any atom is -0.305 e. The fourth-order valence-electron chi connectivity index (χ4n) is 1.49. The minimum absolute atomic E-state index is 0.267. The lowest BCUT2D eigenvalue weighted by atomic mass is 10.2. The third kappa shape index (κ3) is 2.81. The van der Waals surface area contributed by atoms with Crippen LogP contribution in [0.1, 0.15) is 21.7 Å². The zero-order valence-corrected chi connectivity index (χ0v) is 10.7. The van der Waals surface area contributed by atoms with Crippen LogP contribution in [0.2, 0.25) is 5.15 Å². The Hall–Kier alpha value is -2.01. The van der Waals surface area contributed by atoms with Crippen LogP contribution >= 0.6 is 11.6 Å². The van der Waals surface area contributed by atoms with Gasteiger partial charge < -0.3 is 5.32 Å². The Kier molecular flexibility index (Phi) is 3.53. The van der Waals surface area contributed by atoms with Crippen LogP contribution in [-0.4, -0.2) is 20.9 Å². The van der Waals surface area contributed by atoms with Crippen molar-refractivity contribution in [1.82, 2.24) is 15.0 Å². The van der Waals surface area contributed by atoms with Crippen molar-refractivity contribution < 1.29 is 4.79 Å². The quantitative estimate of drug-likeness (QED) is 0.902. The molecule has 0 spiro atoms.